The van der Waals surface area contributed by atoms with Gasteiger partial charge in [-0.3, -0.25) is 4.79 Å². The van der Waals surface area contributed by atoms with E-state index in [-0.39, 0.29) is 12.0 Å². The summed E-state index contributed by atoms with van der Waals surface area (Å²) in [5.41, 5.74) is 9.67. The van der Waals surface area contributed by atoms with Crippen LogP contribution in [-0.4, -0.2) is 23.2 Å². The lowest BCUT2D eigenvalue weighted by molar-refractivity contribution is -0.142. The van der Waals surface area contributed by atoms with Gasteiger partial charge in [0.25, 0.3) is 0 Å². The Bertz CT molecular complexity index is 660. The van der Waals surface area contributed by atoms with Gasteiger partial charge in [0, 0.05) is 29.2 Å². The van der Waals surface area contributed by atoms with Crippen molar-refractivity contribution in [3.05, 3.63) is 35.5 Å². The zero-order valence-corrected chi connectivity index (χ0v) is 12.5. The van der Waals surface area contributed by atoms with Gasteiger partial charge in [-0.15, -0.1) is 0 Å². The third-order valence-electron chi connectivity index (χ3n) is 4.15. The molecule has 2 aromatic rings. The van der Waals surface area contributed by atoms with Gasteiger partial charge in [-0.2, -0.15) is 0 Å². The van der Waals surface area contributed by atoms with E-state index in [1.807, 2.05) is 19.1 Å². The number of aromatic nitrogens is 1. The lowest BCUT2D eigenvalue weighted by atomic mass is 10.0. The van der Waals surface area contributed by atoms with Crippen LogP contribution in [0.2, 0.25) is 0 Å². The predicted molar refractivity (Wildman–Crippen MR) is 83.2 cm³/mol. The second-order valence-corrected chi connectivity index (χ2v) is 5.75. The van der Waals surface area contributed by atoms with Crippen molar-refractivity contribution < 1.29 is 9.53 Å². The number of hydrogen-bond acceptors (Lipinski definition) is 3. The molecule has 1 aromatic carbocycles. The highest BCUT2D eigenvalue weighted by Crippen LogP contribution is 2.31. The molecule has 112 valence electrons. The Morgan fingerprint density at radius 1 is 1.43 bits per heavy atom. The van der Waals surface area contributed by atoms with E-state index in [4.69, 9.17) is 10.5 Å². The number of para-hydroxylation sites is 1. The predicted octanol–water partition coefficient (Wildman–Crippen LogP) is 2.41. The Labute approximate surface area is 124 Å². The van der Waals surface area contributed by atoms with Crippen molar-refractivity contribution in [2.45, 2.75) is 45.2 Å². The molecule has 0 saturated carbocycles. The summed E-state index contributed by atoms with van der Waals surface area (Å²) in [4.78, 5) is 12.0. The summed E-state index contributed by atoms with van der Waals surface area (Å²) in [5, 5.41) is 1.16. The van der Waals surface area contributed by atoms with Crippen LogP contribution in [0.15, 0.2) is 24.3 Å². The summed E-state index contributed by atoms with van der Waals surface area (Å²) >= 11 is 0. The Morgan fingerprint density at radius 3 is 3.05 bits per heavy atom. The van der Waals surface area contributed by atoms with E-state index in [1.54, 1.807) is 0 Å². The van der Waals surface area contributed by atoms with E-state index >= 15 is 0 Å². The first-order valence-corrected chi connectivity index (χ1v) is 7.71. The van der Waals surface area contributed by atoms with E-state index in [0.29, 0.717) is 13.0 Å². The number of carbonyl (C=O) groups excluding carboxylic acids is 1. The number of fused-ring (bicyclic) bond motifs is 3. The normalized spacial score (nSPS) is 17.7. The molecular weight excluding hydrogens is 264 g/mol. The molecule has 0 bridgehead atoms. The minimum atomic E-state index is -0.133. The van der Waals surface area contributed by atoms with Crippen molar-refractivity contribution >= 4 is 16.9 Å². The number of benzene rings is 1. The molecule has 1 aliphatic heterocycles. The summed E-state index contributed by atoms with van der Waals surface area (Å²) < 4.78 is 7.54. The monoisotopic (exact) mass is 286 g/mol. The van der Waals surface area contributed by atoms with E-state index in [0.717, 1.165) is 36.8 Å². The van der Waals surface area contributed by atoms with Gasteiger partial charge >= 0.3 is 5.97 Å². The Kier molecular flexibility index (Phi) is 3.97. The molecule has 4 nitrogen and oxygen atoms in total. The molecule has 1 aromatic heterocycles. The minimum Gasteiger partial charge on any atom is -0.465 e. The Hall–Kier alpha value is -1.81. The van der Waals surface area contributed by atoms with Crippen molar-refractivity contribution in [3.8, 4) is 0 Å². The minimum absolute atomic E-state index is 0.133. The topological polar surface area (TPSA) is 57.2 Å². The van der Waals surface area contributed by atoms with E-state index in [1.165, 1.54) is 11.2 Å². The molecule has 1 atom stereocenters. The summed E-state index contributed by atoms with van der Waals surface area (Å²) in [7, 11) is 0. The molecule has 21 heavy (non-hydrogen) atoms. The first kappa shape index (κ1) is 14.1. The first-order valence-electron chi connectivity index (χ1n) is 7.71. The smallest absolute Gasteiger partial charge is 0.310 e. The molecular formula is C17H22N2O2. The molecule has 2 N–H and O–H groups in total. The van der Waals surface area contributed by atoms with Crippen LogP contribution in [0, 0.1) is 0 Å². The Morgan fingerprint density at radius 2 is 2.24 bits per heavy atom. The second kappa shape index (κ2) is 5.90. The third kappa shape index (κ3) is 2.68. The zero-order valence-electron chi connectivity index (χ0n) is 12.5. The van der Waals surface area contributed by atoms with Gasteiger partial charge in [0.05, 0.1) is 13.0 Å². The summed E-state index contributed by atoms with van der Waals surface area (Å²) in [5.74, 6) is -0.133. The number of carbonyl (C=O) groups is 1. The van der Waals surface area contributed by atoms with Crippen LogP contribution in [0.25, 0.3) is 10.9 Å². The second-order valence-electron chi connectivity index (χ2n) is 5.75. The van der Waals surface area contributed by atoms with Crippen molar-refractivity contribution in [1.29, 1.82) is 0 Å². The van der Waals surface area contributed by atoms with E-state index < -0.39 is 0 Å². The quantitative estimate of drug-likeness (QED) is 0.878. The van der Waals surface area contributed by atoms with Crippen LogP contribution in [0.3, 0.4) is 0 Å². The number of nitrogens with zero attached hydrogens (tertiary/aromatic N) is 1. The van der Waals surface area contributed by atoms with Crippen LogP contribution < -0.4 is 5.73 Å². The molecule has 0 radical (unpaired) electrons. The van der Waals surface area contributed by atoms with Gasteiger partial charge in [0.15, 0.2) is 0 Å². The van der Waals surface area contributed by atoms with Crippen LogP contribution in [0.1, 0.15) is 31.0 Å². The van der Waals surface area contributed by atoms with Gasteiger partial charge in [0.1, 0.15) is 0 Å². The van der Waals surface area contributed by atoms with Gasteiger partial charge in [-0.25, -0.2) is 0 Å². The maximum atomic E-state index is 12.0. The molecule has 0 spiro atoms. The molecule has 0 aliphatic carbocycles. The van der Waals surface area contributed by atoms with E-state index in [2.05, 4.69) is 16.7 Å². The maximum absolute atomic E-state index is 12.0. The molecule has 3 rings (SSSR count). The molecule has 0 amide bonds. The average Bonchev–Trinajstić information content (AvgIpc) is 2.79. The van der Waals surface area contributed by atoms with Crippen LogP contribution >= 0.6 is 0 Å². The fourth-order valence-electron chi connectivity index (χ4n) is 3.18. The highest BCUT2D eigenvalue weighted by molar-refractivity contribution is 5.89. The standard InChI is InChI=1S/C17H22N2O2/c1-2-9-21-17(20)10-14-13-5-3-4-6-15(13)19-11-12(18)7-8-16(14)19/h3-6,12H,2,7-11,18H2,1H3. The number of rotatable bonds is 4. The molecule has 1 aliphatic rings. The lowest BCUT2D eigenvalue weighted by Gasteiger charge is -2.23. The highest BCUT2D eigenvalue weighted by atomic mass is 16.5. The molecule has 2 heterocycles. The largest absolute Gasteiger partial charge is 0.465 e. The average molecular weight is 286 g/mol. The van der Waals surface area contributed by atoms with Crippen molar-refractivity contribution in [3.63, 3.8) is 0 Å². The van der Waals surface area contributed by atoms with Crippen molar-refractivity contribution in [2.24, 2.45) is 5.73 Å². The van der Waals surface area contributed by atoms with Crippen LogP contribution in [-0.2, 0) is 28.9 Å². The summed E-state index contributed by atoms with van der Waals surface area (Å²) in [6.07, 6.45) is 3.13. The highest BCUT2D eigenvalue weighted by Gasteiger charge is 2.24. The summed E-state index contributed by atoms with van der Waals surface area (Å²) in [6.45, 7) is 3.34. The first-order chi connectivity index (χ1) is 10.2. The fraction of sp³-hybridized carbons (Fsp3) is 0.471. The fourth-order valence-corrected chi connectivity index (χ4v) is 3.18. The molecule has 4 heteroatoms. The molecule has 0 fully saturated rings. The zero-order chi connectivity index (χ0) is 14.8. The van der Waals surface area contributed by atoms with Crippen LogP contribution in [0.5, 0.6) is 0 Å². The number of esters is 1. The molecule has 0 saturated heterocycles. The lowest BCUT2D eigenvalue weighted by Crippen LogP contribution is -2.32. The Balaban J connectivity index is 1.99. The van der Waals surface area contributed by atoms with Gasteiger partial charge in [0.2, 0.25) is 0 Å². The maximum Gasteiger partial charge on any atom is 0.310 e. The third-order valence-corrected chi connectivity index (χ3v) is 4.15. The van der Waals surface area contributed by atoms with Gasteiger partial charge < -0.3 is 15.0 Å². The summed E-state index contributed by atoms with van der Waals surface area (Å²) in [6, 6.07) is 8.46. The van der Waals surface area contributed by atoms with Gasteiger partial charge in [-0.05, 0) is 30.9 Å². The number of ether oxygens (including phenoxy) is 1. The van der Waals surface area contributed by atoms with Gasteiger partial charge in [-0.1, -0.05) is 25.1 Å². The van der Waals surface area contributed by atoms with Crippen LogP contribution in [0.4, 0.5) is 0 Å². The molecule has 1 unspecified atom stereocenters. The number of hydrogen-bond donors (Lipinski definition) is 1. The number of nitrogens with two attached hydrogens (primary N) is 1. The van der Waals surface area contributed by atoms with Crippen molar-refractivity contribution in [1.82, 2.24) is 4.57 Å². The van der Waals surface area contributed by atoms with Crippen molar-refractivity contribution in [2.75, 3.05) is 6.61 Å². The SMILES string of the molecule is CCCOC(=O)Cc1c2n(c3ccccc13)CC(N)CC2. The van der Waals surface area contributed by atoms with E-state index in [9.17, 15) is 4.79 Å².